The van der Waals surface area contributed by atoms with Crippen molar-refractivity contribution in [2.75, 3.05) is 32.9 Å². The Morgan fingerprint density at radius 3 is 2.88 bits per heavy atom. The molecule has 0 radical (unpaired) electrons. The van der Waals surface area contributed by atoms with Gasteiger partial charge in [0.15, 0.2) is 0 Å². The molecule has 0 saturated carbocycles. The second-order valence-corrected chi connectivity index (χ2v) is 5.93. The van der Waals surface area contributed by atoms with E-state index in [1.54, 1.807) is 18.6 Å². The molecule has 1 aromatic heterocycles. The summed E-state index contributed by atoms with van der Waals surface area (Å²) in [4.78, 5) is 10.4. The van der Waals surface area contributed by atoms with Gasteiger partial charge in [-0.25, -0.2) is 4.39 Å². The zero-order chi connectivity index (χ0) is 16.8. The second kappa shape index (κ2) is 7.65. The first-order valence-corrected chi connectivity index (χ1v) is 7.79. The number of β-amino-alcohol motifs (C(OH)–C–C–N with tert-alkyl or cyclic N) is 1. The molecule has 24 heavy (non-hydrogen) atoms. The minimum Gasteiger partial charge on any atom is -0.490 e. The highest BCUT2D eigenvalue weighted by Crippen LogP contribution is 2.18. The van der Waals surface area contributed by atoms with Gasteiger partial charge in [-0.05, 0) is 24.3 Å². The van der Waals surface area contributed by atoms with E-state index in [0.717, 1.165) is 5.69 Å². The summed E-state index contributed by atoms with van der Waals surface area (Å²) in [5.41, 5.74) is -0.311. The lowest BCUT2D eigenvalue weighted by Crippen LogP contribution is -2.48. The lowest BCUT2D eigenvalue weighted by Gasteiger charge is -2.30. The van der Waals surface area contributed by atoms with Crippen molar-refractivity contribution >= 4 is 0 Å². The van der Waals surface area contributed by atoms with Crippen LogP contribution in [0.25, 0.3) is 0 Å². The van der Waals surface area contributed by atoms with Gasteiger partial charge in [-0.1, -0.05) is 0 Å². The number of nitrogens with zero attached hydrogens (tertiary/aromatic N) is 3. The number of aliphatic hydroxyl groups is 1. The molecule has 3 rings (SSSR count). The van der Waals surface area contributed by atoms with Crippen molar-refractivity contribution in [2.45, 2.75) is 12.1 Å². The van der Waals surface area contributed by atoms with Gasteiger partial charge in [-0.2, -0.15) is 0 Å². The zero-order valence-corrected chi connectivity index (χ0v) is 13.3. The summed E-state index contributed by atoms with van der Waals surface area (Å²) in [6, 6.07) is 5.72. The summed E-state index contributed by atoms with van der Waals surface area (Å²) in [5.74, 6) is 0.184. The Hall–Kier alpha value is -2.09. The maximum atomic E-state index is 12.9. The molecule has 1 aromatic carbocycles. The van der Waals surface area contributed by atoms with Gasteiger partial charge in [0.25, 0.3) is 0 Å². The maximum absolute atomic E-state index is 12.9. The van der Waals surface area contributed by atoms with Crippen LogP contribution in [0.4, 0.5) is 4.39 Å². The van der Waals surface area contributed by atoms with Gasteiger partial charge < -0.3 is 14.6 Å². The molecule has 6 nitrogen and oxygen atoms in total. The topological polar surface area (TPSA) is 67.7 Å². The monoisotopic (exact) mass is 333 g/mol. The number of hydrogen-bond acceptors (Lipinski definition) is 6. The molecule has 0 spiro atoms. The van der Waals surface area contributed by atoms with E-state index < -0.39 is 5.60 Å². The molecule has 7 heteroatoms. The molecule has 1 unspecified atom stereocenters. The first kappa shape index (κ1) is 16.8. The lowest BCUT2D eigenvalue weighted by atomic mass is 10.1. The van der Waals surface area contributed by atoms with Gasteiger partial charge in [0.2, 0.25) is 0 Å². The second-order valence-electron chi connectivity index (χ2n) is 5.93. The SMILES string of the molecule is OC1(COc2ccc(F)cc2)COCCN(Cc2cnccn2)C1. The molecule has 1 N–H and O–H groups in total. The third-order valence-electron chi connectivity index (χ3n) is 3.76. The van der Waals surface area contributed by atoms with Crippen molar-refractivity contribution in [3.63, 3.8) is 0 Å². The van der Waals surface area contributed by atoms with Gasteiger partial charge in [0, 0.05) is 38.2 Å². The van der Waals surface area contributed by atoms with Gasteiger partial charge in [-0.15, -0.1) is 0 Å². The van der Waals surface area contributed by atoms with Crippen molar-refractivity contribution < 1.29 is 19.0 Å². The first-order chi connectivity index (χ1) is 11.6. The van der Waals surface area contributed by atoms with E-state index in [4.69, 9.17) is 9.47 Å². The van der Waals surface area contributed by atoms with Crippen LogP contribution in [0.1, 0.15) is 5.69 Å². The zero-order valence-electron chi connectivity index (χ0n) is 13.3. The van der Waals surface area contributed by atoms with Crippen LogP contribution in [-0.2, 0) is 11.3 Å². The summed E-state index contributed by atoms with van der Waals surface area (Å²) in [7, 11) is 0. The molecule has 0 aliphatic carbocycles. The first-order valence-electron chi connectivity index (χ1n) is 7.79. The standard InChI is InChI=1S/C17H20FN3O3/c18-14-1-3-16(4-2-14)24-13-17(22)11-21(7-8-23-12-17)10-15-9-19-5-6-20-15/h1-6,9,22H,7-8,10-13H2. The number of hydrogen-bond donors (Lipinski definition) is 1. The van der Waals surface area contributed by atoms with Gasteiger partial charge in [0.05, 0.1) is 18.9 Å². The van der Waals surface area contributed by atoms with E-state index in [0.29, 0.717) is 32.0 Å². The molecule has 2 heterocycles. The van der Waals surface area contributed by atoms with Crippen LogP contribution in [0.5, 0.6) is 5.75 Å². The molecule has 0 amide bonds. The predicted molar refractivity (Wildman–Crippen MR) is 85.0 cm³/mol. The van der Waals surface area contributed by atoms with Crippen molar-refractivity contribution in [3.8, 4) is 5.75 Å². The van der Waals surface area contributed by atoms with Crippen LogP contribution in [0.15, 0.2) is 42.9 Å². The quantitative estimate of drug-likeness (QED) is 0.888. The van der Waals surface area contributed by atoms with Crippen molar-refractivity contribution in [2.24, 2.45) is 0 Å². The smallest absolute Gasteiger partial charge is 0.134 e. The summed E-state index contributed by atoms with van der Waals surface area (Å²) < 4.78 is 24.1. The molecule has 128 valence electrons. The Kier molecular flexibility index (Phi) is 5.34. The Morgan fingerprint density at radius 1 is 1.29 bits per heavy atom. The number of benzene rings is 1. The largest absolute Gasteiger partial charge is 0.490 e. The Labute approximate surface area is 139 Å². The van der Waals surface area contributed by atoms with E-state index in [2.05, 4.69) is 14.9 Å². The highest BCUT2D eigenvalue weighted by atomic mass is 19.1. The van der Waals surface area contributed by atoms with Crippen LogP contribution in [0.2, 0.25) is 0 Å². The molecule has 0 bridgehead atoms. The van der Waals surface area contributed by atoms with Gasteiger partial charge in [-0.3, -0.25) is 14.9 Å². The van der Waals surface area contributed by atoms with Crippen LogP contribution in [0, 0.1) is 5.82 Å². The molecule has 1 saturated heterocycles. The van der Waals surface area contributed by atoms with Gasteiger partial charge in [0.1, 0.15) is 23.8 Å². The maximum Gasteiger partial charge on any atom is 0.134 e. The molecule has 1 fully saturated rings. The Bertz CT molecular complexity index is 641. The van der Waals surface area contributed by atoms with Crippen LogP contribution in [-0.4, -0.2) is 58.5 Å². The van der Waals surface area contributed by atoms with E-state index in [1.165, 1.54) is 24.3 Å². The molecule has 2 aromatic rings. The minimum atomic E-state index is -1.15. The number of ether oxygens (including phenoxy) is 2. The fourth-order valence-corrected chi connectivity index (χ4v) is 2.61. The summed E-state index contributed by atoms with van der Waals surface area (Å²) >= 11 is 0. The number of rotatable bonds is 5. The highest BCUT2D eigenvalue weighted by molar-refractivity contribution is 5.22. The molecular weight excluding hydrogens is 313 g/mol. The highest BCUT2D eigenvalue weighted by Gasteiger charge is 2.33. The fraction of sp³-hybridized carbons (Fsp3) is 0.412. The summed E-state index contributed by atoms with van der Waals surface area (Å²) in [5, 5.41) is 10.8. The molecular formula is C17H20FN3O3. The van der Waals surface area contributed by atoms with E-state index in [1.807, 2.05) is 0 Å². The third-order valence-corrected chi connectivity index (χ3v) is 3.76. The van der Waals surface area contributed by atoms with Crippen molar-refractivity contribution in [1.29, 1.82) is 0 Å². The van der Waals surface area contributed by atoms with E-state index in [9.17, 15) is 9.50 Å². The Balaban J connectivity index is 1.61. The minimum absolute atomic E-state index is 0.0651. The van der Waals surface area contributed by atoms with Crippen LogP contribution in [0.3, 0.4) is 0 Å². The molecule has 1 aliphatic rings. The molecule has 1 aliphatic heterocycles. The number of halogens is 1. The summed E-state index contributed by atoms with van der Waals surface area (Å²) in [6.45, 7) is 2.44. The summed E-state index contributed by atoms with van der Waals surface area (Å²) in [6.07, 6.45) is 4.98. The van der Waals surface area contributed by atoms with Crippen molar-refractivity contribution in [3.05, 3.63) is 54.4 Å². The predicted octanol–water partition coefficient (Wildman–Crippen LogP) is 1.26. The molecule has 1 atom stereocenters. The van der Waals surface area contributed by atoms with Crippen LogP contribution < -0.4 is 4.74 Å². The number of aromatic nitrogens is 2. The fourth-order valence-electron chi connectivity index (χ4n) is 2.61. The average molecular weight is 333 g/mol. The third kappa shape index (κ3) is 4.70. The van der Waals surface area contributed by atoms with Gasteiger partial charge >= 0.3 is 0 Å². The lowest BCUT2D eigenvalue weighted by molar-refractivity contribution is -0.0647. The van der Waals surface area contributed by atoms with Crippen molar-refractivity contribution in [1.82, 2.24) is 14.9 Å². The van der Waals surface area contributed by atoms with Crippen LogP contribution >= 0.6 is 0 Å². The van der Waals surface area contributed by atoms with E-state index in [-0.39, 0.29) is 19.0 Å². The van der Waals surface area contributed by atoms with E-state index >= 15 is 0 Å². The Morgan fingerprint density at radius 2 is 2.12 bits per heavy atom. The normalized spacial score (nSPS) is 22.1. The average Bonchev–Trinajstić information content (AvgIpc) is 2.77.